The van der Waals surface area contributed by atoms with Crippen LogP contribution in [0.1, 0.15) is 36.9 Å². The lowest BCUT2D eigenvalue weighted by molar-refractivity contribution is -0.137. The topological polar surface area (TPSA) is 131 Å². The third-order valence-corrected chi connectivity index (χ3v) is 6.83. The van der Waals surface area contributed by atoms with E-state index in [0.29, 0.717) is 35.8 Å². The quantitative estimate of drug-likeness (QED) is 0.307. The lowest BCUT2D eigenvalue weighted by atomic mass is 9.93. The van der Waals surface area contributed by atoms with E-state index in [1.807, 2.05) is 6.07 Å². The monoisotopic (exact) mass is 556 g/mol. The van der Waals surface area contributed by atoms with E-state index in [2.05, 4.69) is 25.7 Å². The van der Waals surface area contributed by atoms with Crippen LogP contribution in [0.5, 0.6) is 0 Å². The smallest absolute Gasteiger partial charge is 0.382 e. The Hall–Kier alpha value is -4.75. The number of fused-ring (bicyclic) bond motifs is 1. The number of hydrogen-bond acceptors (Lipinski definition) is 6. The summed E-state index contributed by atoms with van der Waals surface area (Å²) in [5, 5.41) is 8.82. The molecule has 40 heavy (non-hydrogen) atoms. The van der Waals surface area contributed by atoms with Crippen molar-refractivity contribution in [3.63, 3.8) is 0 Å². The van der Waals surface area contributed by atoms with Gasteiger partial charge in [0.2, 0.25) is 5.91 Å². The van der Waals surface area contributed by atoms with Crippen molar-refractivity contribution in [2.45, 2.75) is 31.9 Å². The number of carbonyl (C=O) groups excluding carboxylic acids is 2. The Bertz CT molecular complexity index is 1600. The van der Waals surface area contributed by atoms with Crippen molar-refractivity contribution in [2.75, 3.05) is 29.5 Å². The molecule has 3 amide bonds. The lowest BCUT2D eigenvalue weighted by Crippen LogP contribution is -2.36. The predicted molar refractivity (Wildman–Crippen MR) is 139 cm³/mol. The highest BCUT2D eigenvalue weighted by Gasteiger charge is 2.31. The number of amides is 3. The molecule has 0 saturated carbocycles. The number of nitrogens with one attached hydrogen (secondary N) is 2. The van der Waals surface area contributed by atoms with E-state index < -0.39 is 23.6 Å². The molecule has 0 radical (unpaired) electrons. The van der Waals surface area contributed by atoms with Gasteiger partial charge in [-0.3, -0.25) is 10.1 Å². The number of nitrogens with zero attached hydrogens (tertiary/aromatic N) is 5. The number of nitrogens with two attached hydrogens (primary N) is 1. The van der Waals surface area contributed by atoms with Gasteiger partial charge in [0.15, 0.2) is 5.82 Å². The summed E-state index contributed by atoms with van der Waals surface area (Å²) in [4.78, 5) is 33.6. The molecule has 0 unspecified atom stereocenters. The second-order valence-electron chi connectivity index (χ2n) is 9.37. The zero-order valence-corrected chi connectivity index (χ0v) is 21.2. The van der Waals surface area contributed by atoms with Crippen LogP contribution in [0.4, 0.5) is 39.7 Å². The highest BCUT2D eigenvalue weighted by molar-refractivity contribution is 5.99. The van der Waals surface area contributed by atoms with Crippen molar-refractivity contribution >= 4 is 34.8 Å². The molecule has 1 aliphatic rings. The van der Waals surface area contributed by atoms with E-state index in [0.717, 1.165) is 30.8 Å². The summed E-state index contributed by atoms with van der Waals surface area (Å²) in [6.45, 7) is 2.75. The Kier molecular flexibility index (Phi) is 7.00. The molecule has 3 aromatic heterocycles. The van der Waals surface area contributed by atoms with Gasteiger partial charge in [0.05, 0.1) is 11.3 Å². The largest absolute Gasteiger partial charge is 0.416 e. The molecule has 14 heteroatoms. The first-order valence-electron chi connectivity index (χ1n) is 12.3. The van der Waals surface area contributed by atoms with E-state index in [9.17, 15) is 22.8 Å². The van der Waals surface area contributed by atoms with Crippen molar-refractivity contribution in [3.05, 3.63) is 66.0 Å². The summed E-state index contributed by atoms with van der Waals surface area (Å²) in [6, 6.07) is 6.47. The second-order valence-corrected chi connectivity index (χ2v) is 9.37. The van der Waals surface area contributed by atoms with E-state index in [-0.39, 0.29) is 29.1 Å². The molecule has 4 heterocycles. The van der Waals surface area contributed by atoms with E-state index >= 15 is 4.39 Å². The second kappa shape index (κ2) is 10.4. The van der Waals surface area contributed by atoms with Gasteiger partial charge < -0.3 is 16.0 Å². The van der Waals surface area contributed by atoms with E-state index in [4.69, 9.17) is 5.73 Å². The van der Waals surface area contributed by atoms with Crippen LogP contribution in [0.15, 0.2) is 48.9 Å². The zero-order chi connectivity index (χ0) is 28.6. The Morgan fingerprint density at radius 3 is 2.48 bits per heavy atom. The normalized spacial score (nSPS) is 14.4. The van der Waals surface area contributed by atoms with Gasteiger partial charge in [-0.2, -0.15) is 18.3 Å². The molecule has 0 aliphatic carbocycles. The molecule has 1 aliphatic heterocycles. The summed E-state index contributed by atoms with van der Waals surface area (Å²) >= 11 is 0. The first-order valence-corrected chi connectivity index (χ1v) is 12.3. The molecule has 208 valence electrons. The van der Waals surface area contributed by atoms with Crippen LogP contribution in [0.2, 0.25) is 0 Å². The Balaban J connectivity index is 1.38. The summed E-state index contributed by atoms with van der Waals surface area (Å²) in [5.74, 6) is -0.815. The first kappa shape index (κ1) is 26.8. The van der Waals surface area contributed by atoms with Gasteiger partial charge in [-0.25, -0.2) is 23.7 Å². The van der Waals surface area contributed by atoms with Gasteiger partial charge in [0.25, 0.3) is 0 Å². The predicted octanol–water partition coefficient (Wildman–Crippen LogP) is 4.90. The van der Waals surface area contributed by atoms with Crippen LogP contribution in [0.25, 0.3) is 16.6 Å². The van der Waals surface area contributed by atoms with Crippen molar-refractivity contribution in [1.82, 2.24) is 24.5 Å². The fraction of sp³-hybridized carbons (Fsp3) is 0.269. The van der Waals surface area contributed by atoms with Gasteiger partial charge in [-0.1, -0.05) is 6.07 Å². The minimum absolute atomic E-state index is 0.0228. The van der Waals surface area contributed by atoms with E-state index in [1.165, 1.54) is 25.4 Å². The number of halogens is 4. The Morgan fingerprint density at radius 2 is 1.80 bits per heavy atom. The van der Waals surface area contributed by atoms with Gasteiger partial charge >= 0.3 is 12.2 Å². The number of benzene rings is 1. The number of likely N-dealkylation sites (tertiary alicyclic amines) is 1. The number of rotatable bonds is 4. The first-order chi connectivity index (χ1) is 19.0. The molecule has 0 spiro atoms. The molecule has 0 bridgehead atoms. The number of anilines is 3. The van der Waals surface area contributed by atoms with Crippen molar-refractivity contribution < 1.29 is 27.2 Å². The highest BCUT2D eigenvalue weighted by Crippen LogP contribution is 2.37. The number of hydrogen-bond donors (Lipinski definition) is 3. The zero-order valence-electron chi connectivity index (χ0n) is 21.2. The van der Waals surface area contributed by atoms with Gasteiger partial charge in [-0.05, 0) is 48.7 Å². The lowest BCUT2D eigenvalue weighted by Gasteiger charge is -2.31. The molecule has 1 aromatic carbocycles. The maximum Gasteiger partial charge on any atom is 0.416 e. The van der Waals surface area contributed by atoms with Crippen LogP contribution in [-0.2, 0) is 11.0 Å². The maximum atomic E-state index is 15.1. The molecule has 10 nitrogen and oxygen atoms in total. The number of aromatic nitrogens is 4. The minimum atomic E-state index is -4.61. The molecule has 1 saturated heterocycles. The Labute approximate surface area is 225 Å². The molecular formula is C26H24F4N8O2. The highest BCUT2D eigenvalue weighted by atomic mass is 19.4. The average Bonchev–Trinajstić information content (AvgIpc) is 3.30. The van der Waals surface area contributed by atoms with Crippen LogP contribution < -0.4 is 16.4 Å². The molecule has 1 fully saturated rings. The number of alkyl halides is 3. The van der Waals surface area contributed by atoms with Crippen LogP contribution in [-0.4, -0.2) is 49.5 Å². The fourth-order valence-electron chi connectivity index (χ4n) is 4.82. The molecule has 4 aromatic rings. The van der Waals surface area contributed by atoms with Crippen LogP contribution in [0, 0.1) is 5.82 Å². The number of pyridine rings is 1. The summed E-state index contributed by atoms with van der Waals surface area (Å²) in [7, 11) is 0. The van der Waals surface area contributed by atoms with E-state index in [1.54, 1.807) is 15.5 Å². The standard InChI is InChI=1S/C26H24F4N8O2/c1-14(39)37-8-5-15(6-9-37)21-12-18(23-24(31)33-13-34-38(21)23)16-2-3-20(19(27)10-16)35-25(40)36-22-11-17(4-7-32-22)26(28,29)30/h2-4,7,10-13,15H,5-6,8-9H2,1H3,(H2,31,33,34)(H2,32,35,36,40). The Morgan fingerprint density at radius 1 is 1.05 bits per heavy atom. The molecule has 4 N–H and O–H groups in total. The van der Waals surface area contributed by atoms with Crippen molar-refractivity contribution in [2.24, 2.45) is 0 Å². The van der Waals surface area contributed by atoms with Gasteiger partial charge in [-0.15, -0.1) is 0 Å². The van der Waals surface area contributed by atoms with Crippen LogP contribution >= 0.6 is 0 Å². The number of urea groups is 1. The summed E-state index contributed by atoms with van der Waals surface area (Å²) in [6.07, 6.45) is -0.913. The number of carbonyl (C=O) groups is 2. The minimum Gasteiger partial charge on any atom is -0.382 e. The van der Waals surface area contributed by atoms with Gasteiger partial charge in [0, 0.05) is 43.4 Å². The summed E-state index contributed by atoms with van der Waals surface area (Å²) in [5.41, 5.74) is 7.40. The summed E-state index contributed by atoms with van der Waals surface area (Å²) < 4.78 is 55.6. The third kappa shape index (κ3) is 5.37. The molecule has 0 atom stereocenters. The number of piperidine rings is 1. The number of nitrogen functional groups attached to an aromatic ring is 1. The third-order valence-electron chi connectivity index (χ3n) is 6.83. The average molecular weight is 557 g/mol. The maximum absolute atomic E-state index is 15.1. The van der Waals surface area contributed by atoms with Crippen molar-refractivity contribution in [1.29, 1.82) is 0 Å². The van der Waals surface area contributed by atoms with Crippen LogP contribution in [0.3, 0.4) is 0 Å². The molecular weight excluding hydrogens is 532 g/mol. The fourth-order valence-corrected chi connectivity index (χ4v) is 4.82. The SMILES string of the molecule is CC(=O)N1CCC(c2cc(-c3ccc(NC(=O)Nc4cc(C(F)(F)F)ccn4)c(F)c3)c3c(N)ncnn23)CC1. The molecule has 5 rings (SSSR count). The van der Waals surface area contributed by atoms with Gasteiger partial charge in [0.1, 0.15) is 23.5 Å². The van der Waals surface area contributed by atoms with Crippen molar-refractivity contribution in [3.8, 4) is 11.1 Å².